The summed E-state index contributed by atoms with van der Waals surface area (Å²) in [4.78, 5) is 34.6. The first-order valence-corrected chi connectivity index (χ1v) is 6.63. The summed E-state index contributed by atoms with van der Waals surface area (Å²) in [7, 11) is 1.19. The zero-order valence-electron chi connectivity index (χ0n) is 12.1. The average Bonchev–Trinajstić information content (AvgIpc) is 2.52. The highest BCUT2D eigenvalue weighted by molar-refractivity contribution is 5.90. The molecule has 1 aromatic rings. The number of Topliss-reactive ketones (excluding diaryl/α,β-unsaturated/α-hetero) is 1. The van der Waals surface area contributed by atoms with Gasteiger partial charge in [0.15, 0.2) is 5.78 Å². The summed E-state index contributed by atoms with van der Waals surface area (Å²) in [6.45, 7) is 1.79. The van der Waals surface area contributed by atoms with Crippen molar-refractivity contribution < 1.29 is 23.9 Å². The Kier molecular flexibility index (Phi) is 6.94. The van der Waals surface area contributed by atoms with Gasteiger partial charge in [-0.2, -0.15) is 0 Å². The summed E-state index contributed by atoms with van der Waals surface area (Å²) in [5.41, 5.74) is 0.852. The number of alkyl carbamates (subject to hydrolysis) is 1. The van der Waals surface area contributed by atoms with Gasteiger partial charge in [0.25, 0.3) is 0 Å². The third-order valence-electron chi connectivity index (χ3n) is 2.83. The normalized spacial score (nSPS) is 11.3. The second-order valence-electron chi connectivity index (χ2n) is 4.36. The Morgan fingerprint density at radius 2 is 1.86 bits per heavy atom. The fourth-order valence-corrected chi connectivity index (χ4v) is 1.66. The van der Waals surface area contributed by atoms with Gasteiger partial charge in [-0.25, -0.2) is 4.79 Å². The van der Waals surface area contributed by atoms with Crippen molar-refractivity contribution in [1.29, 1.82) is 0 Å². The van der Waals surface area contributed by atoms with Gasteiger partial charge in [0, 0.05) is 6.42 Å². The van der Waals surface area contributed by atoms with Gasteiger partial charge in [0.1, 0.15) is 12.6 Å². The summed E-state index contributed by atoms with van der Waals surface area (Å²) < 4.78 is 9.52. The molecule has 0 spiro atoms. The number of hydrogen-bond donors (Lipinski definition) is 1. The molecule has 1 N–H and O–H groups in total. The molecular formula is C15H19NO5. The Morgan fingerprint density at radius 3 is 2.43 bits per heavy atom. The average molecular weight is 293 g/mol. The monoisotopic (exact) mass is 293 g/mol. The molecule has 6 nitrogen and oxygen atoms in total. The zero-order chi connectivity index (χ0) is 15.7. The van der Waals surface area contributed by atoms with Crippen molar-refractivity contribution in [3.05, 3.63) is 35.9 Å². The first kappa shape index (κ1) is 16.7. The smallest absolute Gasteiger partial charge is 0.407 e. The highest BCUT2D eigenvalue weighted by Crippen LogP contribution is 2.05. The van der Waals surface area contributed by atoms with Crippen molar-refractivity contribution >= 4 is 17.8 Å². The van der Waals surface area contributed by atoms with Crippen LogP contribution in [0.5, 0.6) is 0 Å². The van der Waals surface area contributed by atoms with Crippen LogP contribution >= 0.6 is 0 Å². The fourth-order valence-electron chi connectivity index (χ4n) is 1.66. The third kappa shape index (κ3) is 6.07. The minimum absolute atomic E-state index is 0.130. The van der Waals surface area contributed by atoms with Crippen molar-refractivity contribution in [1.82, 2.24) is 5.32 Å². The summed E-state index contributed by atoms with van der Waals surface area (Å²) in [6, 6.07) is 8.27. The lowest BCUT2D eigenvalue weighted by molar-refractivity contribution is -0.146. The molecule has 0 bridgehead atoms. The molecular weight excluding hydrogens is 274 g/mol. The Bertz CT molecular complexity index is 486. The number of hydrogen-bond acceptors (Lipinski definition) is 5. The molecule has 1 amide bonds. The van der Waals surface area contributed by atoms with Crippen LogP contribution in [0.25, 0.3) is 0 Å². The lowest BCUT2D eigenvalue weighted by Gasteiger charge is -2.15. The van der Waals surface area contributed by atoms with Crippen LogP contribution < -0.4 is 5.32 Å². The maximum absolute atomic E-state index is 11.8. The van der Waals surface area contributed by atoms with Gasteiger partial charge in [-0.3, -0.25) is 9.59 Å². The second-order valence-corrected chi connectivity index (χ2v) is 4.36. The molecule has 0 saturated heterocycles. The number of rotatable bonds is 7. The van der Waals surface area contributed by atoms with Crippen molar-refractivity contribution in [2.24, 2.45) is 0 Å². The number of carbonyl (C=O) groups excluding carboxylic acids is 3. The molecule has 6 heteroatoms. The van der Waals surface area contributed by atoms with E-state index in [1.807, 2.05) is 30.3 Å². The standard InChI is InChI=1S/C15H19NO5/c1-3-13(17)12(16-15(19)20-2)9-14(18)21-10-11-7-5-4-6-8-11/h4-8,12H,3,9-10H2,1-2H3,(H,16,19)/t12-/m0/s1. The maximum Gasteiger partial charge on any atom is 0.407 e. The molecule has 0 saturated carbocycles. The van der Waals surface area contributed by atoms with Crippen molar-refractivity contribution in [2.45, 2.75) is 32.4 Å². The van der Waals surface area contributed by atoms with Crippen LogP contribution in [0.1, 0.15) is 25.3 Å². The van der Waals surface area contributed by atoms with E-state index in [0.717, 1.165) is 5.56 Å². The Morgan fingerprint density at radius 1 is 1.19 bits per heavy atom. The lowest BCUT2D eigenvalue weighted by atomic mass is 10.1. The Balaban J connectivity index is 2.51. The zero-order valence-corrected chi connectivity index (χ0v) is 12.1. The summed E-state index contributed by atoms with van der Waals surface area (Å²) in [5, 5.41) is 2.33. The molecule has 1 rings (SSSR count). The van der Waals surface area contributed by atoms with E-state index in [4.69, 9.17) is 4.74 Å². The minimum atomic E-state index is -0.925. The number of ether oxygens (including phenoxy) is 2. The summed E-state index contributed by atoms with van der Waals surface area (Å²) >= 11 is 0. The molecule has 0 aliphatic rings. The molecule has 0 aliphatic heterocycles. The van der Waals surface area contributed by atoms with Crippen LogP contribution in [-0.4, -0.2) is 31.0 Å². The van der Waals surface area contributed by atoms with Crippen molar-refractivity contribution in [3.8, 4) is 0 Å². The van der Waals surface area contributed by atoms with Crippen molar-refractivity contribution in [2.75, 3.05) is 7.11 Å². The second kappa shape index (κ2) is 8.73. The number of benzene rings is 1. The first-order valence-electron chi connectivity index (χ1n) is 6.63. The number of carbonyl (C=O) groups is 3. The SMILES string of the molecule is CCC(=O)[C@H](CC(=O)OCc1ccccc1)NC(=O)OC. The van der Waals surface area contributed by atoms with E-state index in [0.29, 0.717) is 0 Å². The Hall–Kier alpha value is -2.37. The quantitative estimate of drug-likeness (QED) is 0.775. The van der Waals surface area contributed by atoms with E-state index in [2.05, 4.69) is 10.1 Å². The third-order valence-corrected chi connectivity index (χ3v) is 2.83. The van der Waals surface area contributed by atoms with Crippen LogP contribution in [0.3, 0.4) is 0 Å². The maximum atomic E-state index is 11.8. The molecule has 0 aromatic heterocycles. The van der Waals surface area contributed by atoms with E-state index in [1.165, 1.54) is 7.11 Å². The van der Waals surface area contributed by atoms with Gasteiger partial charge in [0.2, 0.25) is 0 Å². The van der Waals surface area contributed by atoms with Gasteiger partial charge in [0.05, 0.1) is 13.5 Å². The lowest BCUT2D eigenvalue weighted by Crippen LogP contribution is -2.42. The highest BCUT2D eigenvalue weighted by atomic mass is 16.5. The van der Waals surface area contributed by atoms with Gasteiger partial charge in [-0.15, -0.1) is 0 Å². The minimum Gasteiger partial charge on any atom is -0.461 e. The predicted molar refractivity (Wildman–Crippen MR) is 75.5 cm³/mol. The Labute approximate surface area is 123 Å². The molecule has 0 aliphatic carbocycles. The highest BCUT2D eigenvalue weighted by Gasteiger charge is 2.23. The first-order chi connectivity index (χ1) is 10.1. The largest absolute Gasteiger partial charge is 0.461 e. The van der Waals surface area contributed by atoms with Crippen LogP contribution in [0, 0.1) is 0 Å². The number of esters is 1. The topological polar surface area (TPSA) is 81.7 Å². The molecule has 114 valence electrons. The van der Waals surface area contributed by atoms with Crippen LogP contribution in [0.15, 0.2) is 30.3 Å². The van der Waals surface area contributed by atoms with Crippen LogP contribution in [-0.2, 0) is 25.7 Å². The van der Waals surface area contributed by atoms with Crippen LogP contribution in [0.2, 0.25) is 0 Å². The van der Waals surface area contributed by atoms with Gasteiger partial charge in [-0.05, 0) is 5.56 Å². The molecule has 0 unspecified atom stereocenters. The summed E-state index contributed by atoms with van der Waals surface area (Å²) in [6.07, 6.45) is -0.757. The van der Waals surface area contributed by atoms with Gasteiger partial charge >= 0.3 is 12.1 Å². The number of amides is 1. The molecule has 0 radical (unpaired) electrons. The number of nitrogens with one attached hydrogen (secondary N) is 1. The van der Waals surface area contributed by atoms with Crippen molar-refractivity contribution in [3.63, 3.8) is 0 Å². The fraction of sp³-hybridized carbons (Fsp3) is 0.400. The molecule has 21 heavy (non-hydrogen) atoms. The van der Waals surface area contributed by atoms with E-state index in [1.54, 1.807) is 6.92 Å². The molecule has 0 fully saturated rings. The molecule has 1 atom stereocenters. The van der Waals surface area contributed by atoms with Gasteiger partial charge < -0.3 is 14.8 Å². The van der Waals surface area contributed by atoms with E-state index >= 15 is 0 Å². The predicted octanol–water partition coefficient (Wildman–Crippen LogP) is 1.82. The van der Waals surface area contributed by atoms with Crippen LogP contribution in [0.4, 0.5) is 4.79 Å². The van der Waals surface area contributed by atoms with E-state index < -0.39 is 18.1 Å². The number of ketones is 1. The van der Waals surface area contributed by atoms with Gasteiger partial charge in [-0.1, -0.05) is 37.3 Å². The van der Waals surface area contributed by atoms with E-state index in [-0.39, 0.29) is 25.2 Å². The summed E-state index contributed by atoms with van der Waals surface area (Å²) in [5.74, 6) is -0.806. The molecule has 0 heterocycles. The molecule has 1 aromatic carbocycles. The number of methoxy groups -OCH3 is 1. The van der Waals surface area contributed by atoms with E-state index in [9.17, 15) is 14.4 Å².